The zero-order valence-electron chi connectivity index (χ0n) is 56.6. The Balaban J connectivity index is 0.000000503. The van der Waals surface area contributed by atoms with Gasteiger partial charge in [0.15, 0.2) is 17.5 Å². The van der Waals surface area contributed by atoms with Crippen molar-refractivity contribution in [2.45, 2.75) is 188 Å². The van der Waals surface area contributed by atoms with Gasteiger partial charge in [0, 0.05) is 17.4 Å². The molecule has 0 amide bonds. The molecule has 0 fully saturated rings. The molecular formula is C79H111F5O2. The van der Waals surface area contributed by atoms with Crippen molar-refractivity contribution < 1.29 is 32.2 Å². The van der Waals surface area contributed by atoms with E-state index >= 15 is 0 Å². The SMILES string of the molecule is CC(C)C(C)c1ccccc1.CC(C)C(CO)c1cc(F)c(F)c(F)c1.CC(C)Cc1ccccc1.Cc1c(F)cc(C(C)C(C)C)cc1F.Cc1ccc(C(C)C(C)C)cc1.Cc1ccc(C(CO)C(C)C)cc1.Cc1ccc(CC(C)C)cc1. The molecular weight excluding hydrogens is 1080 g/mol. The van der Waals surface area contributed by atoms with E-state index in [9.17, 15) is 27.1 Å². The second-order valence-corrected chi connectivity index (χ2v) is 26.0. The standard InChI is InChI=1S/C12H16F2.C12H18O.C12H18.C11H13F3O.2C11H16.C10H14/c1-7(2)8(3)10-5-11(13)9(4)12(14)6-10;1-9(2)12(8-13)11-6-4-10(3)5-7-11;1-9(2)11(4)12-7-5-10(3)6-8-12;1-6(2)8(5-15)7-3-9(12)11(14)10(13)4-7;1-9(2)8-11-6-4-10(3)5-7-11;1-9(2)10(3)11-7-5-4-6-8-11;1-9(2)8-10-6-4-3-5-7-10/h5-8H,1-4H3;4-7,9,12-13H,8H2,1-3H3;5-9,11H,1-4H3;3-4,6,8,15H,5H2,1-2H3;4-7,9H,8H2,1-3H3;4-10H,1-3H3;3-7,9H,8H2,1-2H3. The molecule has 7 aromatic rings. The Kier molecular flexibility index (Phi) is 37.5. The molecule has 5 unspecified atom stereocenters. The Morgan fingerprint density at radius 2 is 0.593 bits per heavy atom. The molecule has 5 atom stereocenters. The minimum Gasteiger partial charge on any atom is -0.396 e. The molecule has 7 heteroatoms. The van der Waals surface area contributed by atoms with Gasteiger partial charge >= 0.3 is 0 Å². The second kappa shape index (κ2) is 41.3. The third-order valence-corrected chi connectivity index (χ3v) is 16.0. The number of rotatable bonds is 16. The van der Waals surface area contributed by atoms with E-state index < -0.39 is 29.1 Å². The van der Waals surface area contributed by atoms with E-state index in [-0.39, 0.29) is 48.0 Å². The molecule has 0 aliphatic heterocycles. The Bertz CT molecular complexity index is 2810. The van der Waals surface area contributed by atoms with Crippen LogP contribution in [-0.4, -0.2) is 23.4 Å². The maximum Gasteiger partial charge on any atom is 0.194 e. The summed E-state index contributed by atoms with van der Waals surface area (Å²) < 4.78 is 64.9. The van der Waals surface area contributed by atoms with E-state index in [2.05, 4.69) is 237 Å². The van der Waals surface area contributed by atoms with E-state index in [0.29, 0.717) is 23.7 Å². The number of aliphatic hydroxyl groups is 2. The van der Waals surface area contributed by atoms with Crippen molar-refractivity contribution in [2.75, 3.05) is 13.2 Å². The zero-order valence-corrected chi connectivity index (χ0v) is 56.6. The lowest BCUT2D eigenvalue weighted by atomic mass is 9.89. The maximum absolute atomic E-state index is 13.2. The summed E-state index contributed by atoms with van der Waals surface area (Å²) in [7, 11) is 0. The Morgan fingerprint density at radius 3 is 0.930 bits per heavy atom. The van der Waals surface area contributed by atoms with Gasteiger partial charge in [0.05, 0.1) is 13.2 Å². The summed E-state index contributed by atoms with van der Waals surface area (Å²) >= 11 is 0. The Labute approximate surface area is 520 Å². The van der Waals surface area contributed by atoms with Crippen LogP contribution in [0.25, 0.3) is 0 Å². The van der Waals surface area contributed by atoms with Crippen LogP contribution in [0.4, 0.5) is 22.0 Å². The van der Waals surface area contributed by atoms with Crippen molar-refractivity contribution in [1.29, 1.82) is 0 Å². The lowest BCUT2D eigenvalue weighted by Crippen LogP contribution is -2.12. The topological polar surface area (TPSA) is 40.5 Å². The third kappa shape index (κ3) is 30.2. The minimum absolute atomic E-state index is 0.0271. The van der Waals surface area contributed by atoms with Gasteiger partial charge in [-0.25, -0.2) is 22.0 Å². The van der Waals surface area contributed by atoms with E-state index in [4.69, 9.17) is 5.11 Å². The molecule has 0 aliphatic carbocycles. The number of halogens is 5. The molecule has 0 spiro atoms. The average Bonchev–Trinajstić information content (AvgIpc) is 3.64. The van der Waals surface area contributed by atoms with Crippen LogP contribution in [0.3, 0.4) is 0 Å². The molecule has 7 rings (SSSR count). The van der Waals surface area contributed by atoms with Crippen LogP contribution in [0.15, 0.2) is 158 Å². The van der Waals surface area contributed by atoms with Gasteiger partial charge in [-0.15, -0.1) is 0 Å². The van der Waals surface area contributed by atoms with Crippen LogP contribution in [0, 0.1) is 98.2 Å². The van der Waals surface area contributed by atoms with Crippen LogP contribution in [-0.2, 0) is 12.8 Å². The molecule has 2 N–H and O–H groups in total. The molecule has 0 saturated carbocycles. The minimum atomic E-state index is -1.47. The lowest BCUT2D eigenvalue weighted by Gasteiger charge is -2.18. The number of aryl methyl sites for hydroxylation is 3. The van der Waals surface area contributed by atoms with Crippen LogP contribution in [0.5, 0.6) is 0 Å². The largest absolute Gasteiger partial charge is 0.396 e. The smallest absolute Gasteiger partial charge is 0.194 e. The third-order valence-electron chi connectivity index (χ3n) is 16.0. The van der Waals surface area contributed by atoms with Gasteiger partial charge in [-0.3, -0.25) is 0 Å². The molecule has 474 valence electrons. The van der Waals surface area contributed by atoms with Gasteiger partial charge in [0.2, 0.25) is 0 Å². The van der Waals surface area contributed by atoms with Crippen LogP contribution in [0.2, 0.25) is 0 Å². The first-order valence-corrected chi connectivity index (χ1v) is 31.4. The number of hydrogen-bond donors (Lipinski definition) is 2. The fourth-order valence-corrected chi connectivity index (χ4v) is 9.00. The van der Waals surface area contributed by atoms with Gasteiger partial charge in [-0.05, 0) is 163 Å². The van der Waals surface area contributed by atoms with Gasteiger partial charge in [-0.2, -0.15) is 0 Å². The summed E-state index contributed by atoms with van der Waals surface area (Å²) in [5, 5.41) is 18.3. The van der Waals surface area contributed by atoms with E-state index in [1.54, 1.807) is 0 Å². The highest BCUT2D eigenvalue weighted by atomic mass is 19.2. The first-order chi connectivity index (χ1) is 40.3. The first-order valence-electron chi connectivity index (χ1n) is 31.4. The van der Waals surface area contributed by atoms with Gasteiger partial charge in [0.25, 0.3) is 0 Å². The maximum atomic E-state index is 13.2. The normalized spacial score (nSPS) is 12.6. The highest BCUT2D eigenvalue weighted by Crippen LogP contribution is 2.29. The zero-order chi connectivity index (χ0) is 65.4. The Morgan fingerprint density at radius 1 is 0.302 bits per heavy atom. The summed E-state index contributed by atoms with van der Waals surface area (Å²) in [5.41, 5.74) is 12.1. The van der Waals surface area contributed by atoms with Crippen LogP contribution in [0.1, 0.15) is 208 Å². The van der Waals surface area contributed by atoms with E-state index in [1.807, 2.05) is 34.6 Å². The first kappa shape index (κ1) is 78.1. The lowest BCUT2D eigenvalue weighted by molar-refractivity contribution is 0.236. The van der Waals surface area contributed by atoms with Gasteiger partial charge < -0.3 is 10.2 Å². The quantitative estimate of drug-likeness (QED) is 0.0748. The van der Waals surface area contributed by atoms with Crippen molar-refractivity contribution in [3.05, 3.63) is 248 Å². The van der Waals surface area contributed by atoms with Crippen molar-refractivity contribution in [1.82, 2.24) is 0 Å². The molecule has 0 heterocycles. The molecule has 7 aromatic carbocycles. The predicted octanol–water partition coefficient (Wildman–Crippen LogP) is 22.9. The summed E-state index contributed by atoms with van der Waals surface area (Å²) in [6, 6.07) is 52.1. The molecule has 0 bridgehead atoms. The summed E-state index contributed by atoms with van der Waals surface area (Å²) in [5.74, 6) is 0.512. The summed E-state index contributed by atoms with van der Waals surface area (Å²) in [4.78, 5) is 0. The fourth-order valence-electron chi connectivity index (χ4n) is 9.00. The van der Waals surface area contributed by atoms with Gasteiger partial charge in [0.1, 0.15) is 11.6 Å². The average molecular weight is 1190 g/mol. The monoisotopic (exact) mass is 1190 g/mol. The molecule has 86 heavy (non-hydrogen) atoms. The predicted molar refractivity (Wildman–Crippen MR) is 360 cm³/mol. The van der Waals surface area contributed by atoms with Crippen molar-refractivity contribution in [2.24, 2.45) is 41.4 Å². The summed E-state index contributed by atoms with van der Waals surface area (Å²) in [6.07, 6.45) is 2.39. The molecule has 2 nitrogen and oxygen atoms in total. The second-order valence-electron chi connectivity index (χ2n) is 26.0. The van der Waals surface area contributed by atoms with Gasteiger partial charge in [-0.1, -0.05) is 268 Å². The number of hydrogen-bond acceptors (Lipinski definition) is 2. The van der Waals surface area contributed by atoms with Crippen molar-refractivity contribution in [3.63, 3.8) is 0 Å². The Hall–Kier alpha value is -5.89. The van der Waals surface area contributed by atoms with E-state index in [0.717, 1.165) is 41.4 Å². The molecule has 0 saturated heterocycles. The molecule has 0 aromatic heterocycles. The van der Waals surface area contributed by atoms with E-state index in [1.165, 1.54) is 76.4 Å². The van der Waals surface area contributed by atoms with Crippen molar-refractivity contribution >= 4 is 0 Å². The highest BCUT2D eigenvalue weighted by molar-refractivity contribution is 5.29. The fraction of sp³-hybridized carbons (Fsp3) is 0.468. The van der Waals surface area contributed by atoms with Crippen LogP contribution >= 0.6 is 0 Å². The molecule has 0 aliphatic rings. The molecule has 0 radical (unpaired) electrons. The van der Waals surface area contributed by atoms with Crippen molar-refractivity contribution in [3.8, 4) is 0 Å². The number of aliphatic hydroxyl groups excluding tert-OH is 2. The number of benzene rings is 7. The summed E-state index contributed by atoms with van der Waals surface area (Å²) in [6.45, 7) is 44.4. The highest BCUT2D eigenvalue weighted by Gasteiger charge is 2.20. The van der Waals surface area contributed by atoms with Crippen LogP contribution < -0.4 is 0 Å².